The molecular formula is C18H18N2. The maximum atomic E-state index is 6.29. The van der Waals surface area contributed by atoms with Crippen molar-refractivity contribution in [3.05, 3.63) is 66.2 Å². The van der Waals surface area contributed by atoms with Gasteiger partial charge in [0.15, 0.2) is 0 Å². The molecule has 1 aliphatic carbocycles. The van der Waals surface area contributed by atoms with Gasteiger partial charge in [-0.1, -0.05) is 42.5 Å². The SMILES string of the molecule is Nc1cccc2c1N(c1ccccc1)C1CCC=CC21. The van der Waals surface area contributed by atoms with Crippen molar-refractivity contribution in [2.45, 2.75) is 24.8 Å². The quantitative estimate of drug-likeness (QED) is 0.615. The molecular weight excluding hydrogens is 244 g/mol. The van der Waals surface area contributed by atoms with Crippen LogP contribution in [0, 0.1) is 0 Å². The van der Waals surface area contributed by atoms with Crippen LogP contribution in [0.3, 0.4) is 0 Å². The highest BCUT2D eigenvalue weighted by Crippen LogP contribution is 2.51. The molecule has 2 nitrogen and oxygen atoms in total. The highest BCUT2D eigenvalue weighted by molar-refractivity contribution is 5.83. The first-order chi connectivity index (χ1) is 9.86. The lowest BCUT2D eigenvalue weighted by molar-refractivity contribution is 0.565. The lowest BCUT2D eigenvalue weighted by atomic mass is 9.87. The van der Waals surface area contributed by atoms with Crippen molar-refractivity contribution in [1.29, 1.82) is 0 Å². The van der Waals surface area contributed by atoms with Crippen molar-refractivity contribution in [3.63, 3.8) is 0 Å². The van der Waals surface area contributed by atoms with Gasteiger partial charge < -0.3 is 10.6 Å². The summed E-state index contributed by atoms with van der Waals surface area (Å²) in [6.07, 6.45) is 7.00. The topological polar surface area (TPSA) is 29.3 Å². The minimum atomic E-state index is 0.474. The summed E-state index contributed by atoms with van der Waals surface area (Å²) in [4.78, 5) is 2.44. The molecule has 0 fully saturated rings. The molecule has 2 aromatic rings. The molecule has 2 aromatic carbocycles. The zero-order chi connectivity index (χ0) is 13.5. The predicted molar refractivity (Wildman–Crippen MR) is 84.3 cm³/mol. The zero-order valence-electron chi connectivity index (χ0n) is 11.4. The van der Waals surface area contributed by atoms with Crippen molar-refractivity contribution in [1.82, 2.24) is 0 Å². The standard InChI is InChI=1S/C18H18N2/c19-16-11-6-10-15-14-9-4-5-12-17(14)20(18(15)16)13-7-2-1-3-8-13/h1-4,6-11,14,17H,5,12,19H2. The Labute approximate surface area is 119 Å². The van der Waals surface area contributed by atoms with Gasteiger partial charge in [0, 0.05) is 17.6 Å². The number of anilines is 3. The van der Waals surface area contributed by atoms with Gasteiger partial charge >= 0.3 is 0 Å². The van der Waals surface area contributed by atoms with E-state index in [-0.39, 0.29) is 0 Å². The van der Waals surface area contributed by atoms with Crippen LogP contribution < -0.4 is 10.6 Å². The molecule has 1 aliphatic heterocycles. The summed E-state index contributed by atoms with van der Waals surface area (Å²) < 4.78 is 0. The summed E-state index contributed by atoms with van der Waals surface area (Å²) in [6, 6.07) is 17.4. The third-order valence-electron chi connectivity index (χ3n) is 4.45. The van der Waals surface area contributed by atoms with Gasteiger partial charge in [-0.05, 0) is 36.6 Å². The number of fused-ring (bicyclic) bond motifs is 3. The zero-order valence-corrected chi connectivity index (χ0v) is 11.4. The first-order valence-electron chi connectivity index (χ1n) is 7.25. The Morgan fingerprint density at radius 3 is 2.70 bits per heavy atom. The van der Waals surface area contributed by atoms with Crippen LogP contribution >= 0.6 is 0 Å². The second-order valence-corrected chi connectivity index (χ2v) is 5.59. The van der Waals surface area contributed by atoms with Gasteiger partial charge in [0.1, 0.15) is 0 Å². The summed E-state index contributed by atoms with van der Waals surface area (Å²) in [6.45, 7) is 0. The average Bonchev–Trinajstić information content (AvgIpc) is 2.84. The fourth-order valence-corrected chi connectivity index (χ4v) is 3.62. The molecule has 1 heterocycles. The summed E-state index contributed by atoms with van der Waals surface area (Å²) in [5.74, 6) is 0.474. The molecule has 2 heteroatoms. The molecule has 0 radical (unpaired) electrons. The van der Waals surface area contributed by atoms with E-state index < -0.39 is 0 Å². The number of benzene rings is 2. The van der Waals surface area contributed by atoms with Crippen LogP contribution in [0.15, 0.2) is 60.7 Å². The number of hydrogen-bond acceptors (Lipinski definition) is 2. The Bertz CT molecular complexity index is 660. The summed E-state index contributed by atoms with van der Waals surface area (Å²) in [7, 11) is 0. The van der Waals surface area contributed by atoms with Crippen LogP contribution in [0.1, 0.15) is 24.3 Å². The van der Waals surface area contributed by atoms with Crippen molar-refractivity contribution in [2.24, 2.45) is 0 Å². The van der Waals surface area contributed by atoms with Gasteiger partial charge in [0.05, 0.1) is 11.4 Å². The van der Waals surface area contributed by atoms with E-state index in [9.17, 15) is 0 Å². The van der Waals surface area contributed by atoms with Gasteiger partial charge in [0.25, 0.3) is 0 Å². The Morgan fingerprint density at radius 1 is 1.00 bits per heavy atom. The molecule has 2 N–H and O–H groups in total. The van der Waals surface area contributed by atoms with Crippen LogP contribution in [-0.2, 0) is 0 Å². The second-order valence-electron chi connectivity index (χ2n) is 5.59. The van der Waals surface area contributed by atoms with E-state index >= 15 is 0 Å². The number of hydrogen-bond donors (Lipinski definition) is 1. The Morgan fingerprint density at radius 2 is 1.85 bits per heavy atom. The molecule has 0 amide bonds. The molecule has 0 bridgehead atoms. The molecule has 4 rings (SSSR count). The molecule has 0 saturated heterocycles. The van der Waals surface area contributed by atoms with E-state index in [0.29, 0.717) is 12.0 Å². The second kappa shape index (κ2) is 4.41. The molecule has 0 spiro atoms. The number of para-hydroxylation sites is 2. The summed E-state index contributed by atoms with van der Waals surface area (Å²) in [5, 5.41) is 0. The van der Waals surface area contributed by atoms with Gasteiger partial charge in [-0.15, -0.1) is 0 Å². The lowest BCUT2D eigenvalue weighted by Crippen LogP contribution is -2.31. The number of nitrogens with two attached hydrogens (primary N) is 1. The first kappa shape index (κ1) is 11.6. The highest BCUT2D eigenvalue weighted by atomic mass is 15.2. The van der Waals surface area contributed by atoms with E-state index in [1.54, 1.807) is 0 Å². The monoisotopic (exact) mass is 262 g/mol. The van der Waals surface area contributed by atoms with E-state index in [1.165, 1.54) is 23.4 Å². The molecule has 0 saturated carbocycles. The molecule has 100 valence electrons. The molecule has 0 aromatic heterocycles. The Kier molecular flexibility index (Phi) is 2.56. The van der Waals surface area contributed by atoms with Gasteiger partial charge in [0.2, 0.25) is 0 Å². The van der Waals surface area contributed by atoms with E-state index in [1.807, 2.05) is 6.07 Å². The minimum Gasteiger partial charge on any atom is -0.397 e. The largest absolute Gasteiger partial charge is 0.397 e. The van der Waals surface area contributed by atoms with E-state index in [0.717, 1.165) is 12.1 Å². The summed E-state index contributed by atoms with van der Waals surface area (Å²) in [5.41, 5.74) is 11.0. The van der Waals surface area contributed by atoms with E-state index in [4.69, 9.17) is 5.73 Å². The fourth-order valence-electron chi connectivity index (χ4n) is 3.62. The van der Waals surface area contributed by atoms with Crippen molar-refractivity contribution >= 4 is 17.1 Å². The number of rotatable bonds is 1. The minimum absolute atomic E-state index is 0.474. The van der Waals surface area contributed by atoms with Crippen LogP contribution in [-0.4, -0.2) is 6.04 Å². The summed E-state index contributed by atoms with van der Waals surface area (Å²) >= 11 is 0. The third kappa shape index (κ3) is 1.58. The fraction of sp³-hybridized carbons (Fsp3) is 0.222. The van der Waals surface area contributed by atoms with Crippen molar-refractivity contribution in [3.8, 4) is 0 Å². The smallest absolute Gasteiger partial charge is 0.0686 e. The average molecular weight is 262 g/mol. The van der Waals surface area contributed by atoms with Crippen molar-refractivity contribution < 1.29 is 0 Å². The van der Waals surface area contributed by atoms with Crippen LogP contribution in [0.5, 0.6) is 0 Å². The number of nitrogens with zero attached hydrogens (tertiary/aromatic N) is 1. The maximum Gasteiger partial charge on any atom is 0.0686 e. The normalized spacial score (nSPS) is 23.5. The van der Waals surface area contributed by atoms with Gasteiger partial charge in [-0.3, -0.25) is 0 Å². The molecule has 20 heavy (non-hydrogen) atoms. The van der Waals surface area contributed by atoms with Crippen molar-refractivity contribution in [2.75, 3.05) is 10.6 Å². The first-order valence-corrected chi connectivity index (χ1v) is 7.25. The van der Waals surface area contributed by atoms with Gasteiger partial charge in [-0.2, -0.15) is 0 Å². The number of nitrogen functional groups attached to an aromatic ring is 1. The molecule has 2 aliphatic rings. The maximum absolute atomic E-state index is 6.29. The Hall–Kier alpha value is -2.22. The van der Waals surface area contributed by atoms with Crippen LogP contribution in [0.4, 0.5) is 17.1 Å². The van der Waals surface area contributed by atoms with Gasteiger partial charge in [-0.25, -0.2) is 0 Å². The molecule has 2 unspecified atom stereocenters. The number of allylic oxidation sites excluding steroid dienone is 1. The van der Waals surface area contributed by atoms with Crippen LogP contribution in [0.2, 0.25) is 0 Å². The third-order valence-corrected chi connectivity index (χ3v) is 4.45. The lowest BCUT2D eigenvalue weighted by Gasteiger charge is -2.31. The molecule has 2 atom stereocenters. The predicted octanol–water partition coefficient (Wildman–Crippen LogP) is 4.22. The van der Waals surface area contributed by atoms with Crippen LogP contribution in [0.25, 0.3) is 0 Å². The Balaban J connectivity index is 1.93. The highest BCUT2D eigenvalue weighted by Gasteiger charge is 2.39. The van der Waals surface area contributed by atoms with E-state index in [2.05, 4.69) is 59.5 Å².